The van der Waals surface area contributed by atoms with Crippen LogP contribution in [-0.2, 0) is 5.41 Å². The first-order valence-corrected chi connectivity index (χ1v) is 8.52. The smallest absolute Gasteiger partial charge is 0.118 e. The Hall–Kier alpha value is -1.96. The largest absolute Gasteiger partial charge is 0.508 e. The predicted octanol–water partition coefficient (Wildman–Crippen LogP) is 5.21. The van der Waals surface area contributed by atoms with Crippen LogP contribution < -0.4 is 0 Å². The molecule has 2 heteroatoms. The molecule has 122 valence electrons. The second-order valence-electron chi connectivity index (χ2n) is 7.27. The lowest BCUT2D eigenvalue weighted by Gasteiger charge is -2.41. The van der Waals surface area contributed by atoms with E-state index in [0.717, 1.165) is 29.9 Å². The van der Waals surface area contributed by atoms with Gasteiger partial charge in [0.05, 0.1) is 0 Å². The second-order valence-corrected chi connectivity index (χ2v) is 7.27. The molecule has 3 rings (SSSR count). The van der Waals surface area contributed by atoms with Gasteiger partial charge in [0, 0.05) is 5.41 Å². The lowest BCUT2D eigenvalue weighted by atomic mass is 9.63. The molecular formula is C21H26O2. The van der Waals surface area contributed by atoms with Gasteiger partial charge in [-0.2, -0.15) is 0 Å². The molecule has 0 saturated heterocycles. The first kappa shape index (κ1) is 15.9. The summed E-state index contributed by atoms with van der Waals surface area (Å²) >= 11 is 0. The Morgan fingerprint density at radius 2 is 1.26 bits per heavy atom. The van der Waals surface area contributed by atoms with Crippen molar-refractivity contribution in [1.29, 1.82) is 0 Å². The van der Waals surface area contributed by atoms with Gasteiger partial charge in [-0.1, -0.05) is 31.2 Å². The first-order valence-electron chi connectivity index (χ1n) is 8.52. The Morgan fingerprint density at radius 1 is 0.826 bits per heavy atom. The van der Waals surface area contributed by atoms with Gasteiger partial charge in [0.2, 0.25) is 0 Å². The molecule has 0 bridgehead atoms. The highest BCUT2D eigenvalue weighted by Crippen LogP contribution is 2.47. The van der Waals surface area contributed by atoms with Crippen molar-refractivity contribution in [3.8, 4) is 11.5 Å². The second kappa shape index (κ2) is 5.92. The summed E-state index contributed by atoms with van der Waals surface area (Å²) in [6, 6.07) is 12.0. The number of benzene rings is 2. The van der Waals surface area contributed by atoms with Crippen molar-refractivity contribution < 1.29 is 10.2 Å². The van der Waals surface area contributed by atoms with E-state index in [1.807, 2.05) is 26.0 Å². The van der Waals surface area contributed by atoms with E-state index in [-0.39, 0.29) is 5.41 Å². The molecule has 1 aliphatic rings. The van der Waals surface area contributed by atoms with Crippen LogP contribution in [0, 0.1) is 19.8 Å². The molecular weight excluding hydrogens is 284 g/mol. The van der Waals surface area contributed by atoms with Crippen LogP contribution in [0.5, 0.6) is 11.5 Å². The SMILES string of the molecule is Cc1cc(C2(c3ccc(O)c(C)c3)CCC(C)CC2)ccc1O. The molecule has 2 N–H and O–H groups in total. The molecule has 0 unspecified atom stereocenters. The fourth-order valence-corrected chi connectivity index (χ4v) is 3.91. The quantitative estimate of drug-likeness (QED) is 0.799. The van der Waals surface area contributed by atoms with Crippen LogP contribution in [0.3, 0.4) is 0 Å². The average molecular weight is 310 g/mol. The van der Waals surface area contributed by atoms with Gasteiger partial charge >= 0.3 is 0 Å². The third kappa shape index (κ3) is 2.83. The Morgan fingerprint density at radius 3 is 1.65 bits per heavy atom. The number of hydrogen-bond donors (Lipinski definition) is 2. The van der Waals surface area contributed by atoms with Gasteiger partial charge < -0.3 is 10.2 Å². The van der Waals surface area contributed by atoms with Crippen LogP contribution in [0.4, 0.5) is 0 Å². The van der Waals surface area contributed by atoms with E-state index in [9.17, 15) is 10.2 Å². The Balaban J connectivity index is 2.13. The van der Waals surface area contributed by atoms with Gasteiger partial charge in [0.15, 0.2) is 0 Å². The van der Waals surface area contributed by atoms with Gasteiger partial charge in [-0.15, -0.1) is 0 Å². The monoisotopic (exact) mass is 310 g/mol. The average Bonchev–Trinajstić information content (AvgIpc) is 2.54. The number of rotatable bonds is 2. The Kier molecular flexibility index (Phi) is 4.09. The lowest BCUT2D eigenvalue weighted by Crippen LogP contribution is -2.32. The van der Waals surface area contributed by atoms with Gasteiger partial charge in [-0.3, -0.25) is 0 Å². The molecule has 1 aliphatic carbocycles. The minimum Gasteiger partial charge on any atom is -0.508 e. The first-order chi connectivity index (χ1) is 10.9. The molecule has 23 heavy (non-hydrogen) atoms. The predicted molar refractivity (Wildman–Crippen MR) is 94.1 cm³/mol. The lowest BCUT2D eigenvalue weighted by molar-refractivity contribution is 0.280. The maximum absolute atomic E-state index is 9.89. The van der Waals surface area contributed by atoms with E-state index in [1.165, 1.54) is 24.0 Å². The maximum atomic E-state index is 9.89. The van der Waals surface area contributed by atoms with Crippen LogP contribution in [0.25, 0.3) is 0 Å². The molecule has 0 heterocycles. The maximum Gasteiger partial charge on any atom is 0.118 e. The summed E-state index contributed by atoms with van der Waals surface area (Å²) in [4.78, 5) is 0. The molecule has 0 radical (unpaired) electrons. The Bertz CT molecular complexity index is 656. The van der Waals surface area contributed by atoms with Crippen molar-refractivity contribution >= 4 is 0 Å². The molecule has 2 aromatic rings. The summed E-state index contributed by atoms with van der Waals surface area (Å²) in [5.74, 6) is 1.48. The fraction of sp³-hybridized carbons (Fsp3) is 0.429. The fourth-order valence-electron chi connectivity index (χ4n) is 3.91. The Labute approximate surface area is 138 Å². The number of aryl methyl sites for hydroxylation is 2. The van der Waals surface area contributed by atoms with Crippen LogP contribution in [0.2, 0.25) is 0 Å². The van der Waals surface area contributed by atoms with Crippen LogP contribution in [0.1, 0.15) is 54.9 Å². The van der Waals surface area contributed by atoms with E-state index in [2.05, 4.69) is 31.2 Å². The van der Waals surface area contributed by atoms with Crippen LogP contribution in [0.15, 0.2) is 36.4 Å². The van der Waals surface area contributed by atoms with Crippen molar-refractivity contribution in [2.75, 3.05) is 0 Å². The highest BCUT2D eigenvalue weighted by Gasteiger charge is 2.37. The molecule has 2 aromatic carbocycles. The summed E-state index contributed by atoms with van der Waals surface area (Å²) in [6.07, 6.45) is 4.64. The highest BCUT2D eigenvalue weighted by molar-refractivity contribution is 5.47. The highest BCUT2D eigenvalue weighted by atomic mass is 16.3. The third-order valence-corrected chi connectivity index (χ3v) is 5.63. The molecule has 2 nitrogen and oxygen atoms in total. The topological polar surface area (TPSA) is 40.5 Å². The molecule has 0 atom stereocenters. The molecule has 0 amide bonds. The molecule has 0 aliphatic heterocycles. The number of hydrogen-bond acceptors (Lipinski definition) is 2. The van der Waals surface area contributed by atoms with Gasteiger partial charge in [-0.25, -0.2) is 0 Å². The summed E-state index contributed by atoms with van der Waals surface area (Å²) in [5, 5.41) is 19.8. The molecule has 1 saturated carbocycles. The van der Waals surface area contributed by atoms with Crippen LogP contribution >= 0.6 is 0 Å². The summed E-state index contributed by atoms with van der Waals surface area (Å²) in [7, 11) is 0. The number of phenolic OH excluding ortho intramolecular Hbond substituents is 2. The molecule has 0 spiro atoms. The third-order valence-electron chi connectivity index (χ3n) is 5.63. The van der Waals surface area contributed by atoms with Gasteiger partial charge in [0.25, 0.3) is 0 Å². The summed E-state index contributed by atoms with van der Waals surface area (Å²) < 4.78 is 0. The van der Waals surface area contributed by atoms with Crippen molar-refractivity contribution in [3.05, 3.63) is 58.7 Å². The van der Waals surface area contributed by atoms with E-state index >= 15 is 0 Å². The minimum absolute atomic E-state index is 0.0105. The number of aromatic hydroxyl groups is 2. The zero-order chi connectivity index (χ0) is 16.6. The summed E-state index contributed by atoms with van der Waals surface area (Å²) in [6.45, 7) is 6.24. The molecule has 1 fully saturated rings. The summed E-state index contributed by atoms with van der Waals surface area (Å²) in [5.41, 5.74) is 4.41. The molecule has 0 aromatic heterocycles. The van der Waals surface area contributed by atoms with Crippen molar-refractivity contribution in [3.63, 3.8) is 0 Å². The number of phenols is 2. The van der Waals surface area contributed by atoms with E-state index in [4.69, 9.17) is 0 Å². The standard InChI is InChI=1S/C21H26O2/c1-14-8-10-21(11-9-14,17-4-6-19(22)15(2)12-17)18-5-7-20(23)16(3)13-18/h4-7,12-14,22-23H,8-11H2,1-3H3. The van der Waals surface area contributed by atoms with E-state index < -0.39 is 0 Å². The van der Waals surface area contributed by atoms with E-state index in [1.54, 1.807) is 0 Å². The van der Waals surface area contributed by atoms with Crippen molar-refractivity contribution in [1.82, 2.24) is 0 Å². The van der Waals surface area contributed by atoms with Crippen molar-refractivity contribution in [2.24, 2.45) is 5.92 Å². The normalized spacial score (nSPS) is 18.0. The minimum atomic E-state index is -0.0105. The van der Waals surface area contributed by atoms with Crippen molar-refractivity contribution in [2.45, 2.75) is 51.9 Å². The van der Waals surface area contributed by atoms with Crippen LogP contribution in [-0.4, -0.2) is 10.2 Å². The zero-order valence-electron chi connectivity index (χ0n) is 14.3. The van der Waals surface area contributed by atoms with Gasteiger partial charge in [-0.05, 0) is 79.8 Å². The van der Waals surface area contributed by atoms with Gasteiger partial charge in [0.1, 0.15) is 11.5 Å². The van der Waals surface area contributed by atoms with E-state index in [0.29, 0.717) is 11.5 Å². The zero-order valence-corrected chi connectivity index (χ0v) is 14.3.